The van der Waals surface area contributed by atoms with Gasteiger partial charge in [-0.05, 0) is 37.3 Å². The molecule has 102 valence electrons. The van der Waals surface area contributed by atoms with E-state index in [1.54, 1.807) is 6.07 Å². The molecule has 0 saturated heterocycles. The van der Waals surface area contributed by atoms with Crippen LogP contribution >= 0.6 is 0 Å². The minimum absolute atomic E-state index is 0.0207. The highest BCUT2D eigenvalue weighted by Crippen LogP contribution is 2.26. The van der Waals surface area contributed by atoms with E-state index in [0.29, 0.717) is 0 Å². The van der Waals surface area contributed by atoms with E-state index in [9.17, 15) is 13.2 Å². The summed E-state index contributed by atoms with van der Waals surface area (Å²) >= 11 is 0. The van der Waals surface area contributed by atoms with Crippen LogP contribution in [0.25, 0.3) is 0 Å². The van der Waals surface area contributed by atoms with Gasteiger partial charge in [0.2, 0.25) is 5.88 Å². The lowest BCUT2D eigenvalue weighted by Gasteiger charge is -2.17. The maximum absolute atomic E-state index is 12.0. The third-order valence-electron chi connectivity index (χ3n) is 3.01. The van der Waals surface area contributed by atoms with Crippen LogP contribution in [0.1, 0.15) is 36.1 Å². The summed E-state index contributed by atoms with van der Waals surface area (Å²) in [4.78, 5) is 4.19. The number of aromatic nitrogens is 1. The summed E-state index contributed by atoms with van der Waals surface area (Å²) in [5.41, 5.74) is 2.06. The Bertz CT molecular complexity index is 506. The number of alkyl halides is 3. The molecule has 19 heavy (non-hydrogen) atoms. The van der Waals surface area contributed by atoms with Crippen LogP contribution in [0.3, 0.4) is 0 Å². The van der Waals surface area contributed by atoms with Crippen LogP contribution in [-0.2, 0) is 12.8 Å². The zero-order valence-corrected chi connectivity index (χ0v) is 10.3. The molecular weight excluding hydrogens is 257 g/mol. The number of pyridine rings is 1. The van der Waals surface area contributed by atoms with Gasteiger partial charge in [0.05, 0.1) is 13.0 Å². The van der Waals surface area contributed by atoms with Gasteiger partial charge in [-0.1, -0.05) is 0 Å². The molecule has 6 heteroatoms. The van der Waals surface area contributed by atoms with Crippen LogP contribution in [-0.4, -0.2) is 17.8 Å². The van der Waals surface area contributed by atoms with Gasteiger partial charge in [0.1, 0.15) is 11.6 Å². The predicted molar refractivity (Wildman–Crippen MR) is 61.8 cm³/mol. The number of hydrogen-bond donors (Lipinski definition) is 0. The Morgan fingerprint density at radius 3 is 2.74 bits per heavy atom. The van der Waals surface area contributed by atoms with E-state index in [1.807, 2.05) is 6.07 Å². The number of nitriles is 1. The standard InChI is InChI=1S/C13H13F3N2O/c14-13(15,16)5-6-19-12-10(8-17)7-9-3-1-2-4-11(9)18-12/h7H,1-6H2. The first-order valence-corrected chi connectivity index (χ1v) is 6.12. The van der Waals surface area contributed by atoms with Crippen molar-refractivity contribution in [1.29, 1.82) is 5.26 Å². The monoisotopic (exact) mass is 270 g/mol. The van der Waals surface area contributed by atoms with Gasteiger partial charge in [-0.2, -0.15) is 18.4 Å². The Balaban J connectivity index is 2.13. The largest absolute Gasteiger partial charge is 0.476 e. The molecule has 1 aliphatic carbocycles. The van der Waals surface area contributed by atoms with E-state index < -0.39 is 19.2 Å². The number of halogens is 3. The summed E-state index contributed by atoms with van der Waals surface area (Å²) < 4.78 is 41.2. The SMILES string of the molecule is N#Cc1cc2c(nc1OCCC(F)(F)F)CCCC2. The molecule has 0 aromatic carbocycles. The molecule has 0 N–H and O–H groups in total. The lowest BCUT2D eigenvalue weighted by molar-refractivity contribution is -0.139. The highest BCUT2D eigenvalue weighted by Gasteiger charge is 2.27. The second-order valence-corrected chi connectivity index (χ2v) is 4.48. The summed E-state index contributed by atoms with van der Waals surface area (Å²) in [5.74, 6) is 0.0207. The van der Waals surface area contributed by atoms with Gasteiger partial charge in [-0.15, -0.1) is 0 Å². The minimum Gasteiger partial charge on any atom is -0.476 e. The summed E-state index contributed by atoms with van der Waals surface area (Å²) in [6.45, 7) is -0.510. The van der Waals surface area contributed by atoms with Crippen LogP contribution in [0.2, 0.25) is 0 Å². The van der Waals surface area contributed by atoms with Gasteiger partial charge < -0.3 is 4.74 Å². The van der Waals surface area contributed by atoms with Crippen molar-refractivity contribution in [3.05, 3.63) is 22.9 Å². The van der Waals surface area contributed by atoms with Crippen molar-refractivity contribution < 1.29 is 17.9 Å². The quantitative estimate of drug-likeness (QED) is 0.847. The van der Waals surface area contributed by atoms with Crippen LogP contribution in [0.5, 0.6) is 5.88 Å². The van der Waals surface area contributed by atoms with E-state index in [4.69, 9.17) is 10.00 Å². The van der Waals surface area contributed by atoms with Crippen LogP contribution in [0.15, 0.2) is 6.07 Å². The number of fused-ring (bicyclic) bond motifs is 1. The van der Waals surface area contributed by atoms with E-state index >= 15 is 0 Å². The Hall–Kier alpha value is -1.77. The van der Waals surface area contributed by atoms with Gasteiger partial charge >= 0.3 is 6.18 Å². The Morgan fingerprint density at radius 1 is 1.32 bits per heavy atom. The molecule has 3 nitrogen and oxygen atoms in total. The summed E-state index contributed by atoms with van der Waals surface area (Å²) in [5, 5.41) is 8.99. The average molecular weight is 270 g/mol. The molecule has 0 saturated carbocycles. The van der Waals surface area contributed by atoms with E-state index in [-0.39, 0.29) is 11.4 Å². The molecular formula is C13H13F3N2O. The first kappa shape index (κ1) is 13.7. The molecule has 0 spiro atoms. The Morgan fingerprint density at radius 2 is 2.05 bits per heavy atom. The van der Waals surface area contributed by atoms with Crippen LogP contribution < -0.4 is 4.74 Å². The van der Waals surface area contributed by atoms with E-state index in [1.165, 1.54) is 0 Å². The molecule has 1 aliphatic rings. The minimum atomic E-state index is -4.26. The fourth-order valence-electron chi connectivity index (χ4n) is 2.07. The van der Waals surface area contributed by atoms with Crippen molar-refractivity contribution >= 4 is 0 Å². The zero-order valence-electron chi connectivity index (χ0n) is 10.3. The Kier molecular flexibility index (Phi) is 3.93. The number of aryl methyl sites for hydroxylation is 2. The summed E-state index contributed by atoms with van der Waals surface area (Å²) in [7, 11) is 0. The number of rotatable bonds is 3. The van der Waals surface area contributed by atoms with Gasteiger partial charge in [0.15, 0.2) is 0 Å². The first-order chi connectivity index (χ1) is 8.99. The molecule has 0 fully saturated rings. The van der Waals surface area contributed by atoms with Gasteiger partial charge in [0, 0.05) is 5.69 Å². The lowest BCUT2D eigenvalue weighted by atomic mass is 9.95. The predicted octanol–water partition coefficient (Wildman–Crippen LogP) is 3.16. The molecule has 0 amide bonds. The molecule has 0 atom stereocenters. The second kappa shape index (κ2) is 5.47. The normalized spacial score (nSPS) is 14.6. The number of ether oxygens (including phenoxy) is 1. The maximum Gasteiger partial charge on any atom is 0.392 e. The first-order valence-electron chi connectivity index (χ1n) is 6.12. The molecule has 0 radical (unpaired) electrons. The van der Waals surface area contributed by atoms with E-state index in [2.05, 4.69) is 4.98 Å². The smallest absolute Gasteiger partial charge is 0.392 e. The third-order valence-corrected chi connectivity index (χ3v) is 3.01. The Labute approximate surface area is 109 Å². The molecule has 1 aromatic heterocycles. The van der Waals surface area contributed by atoms with Crippen molar-refractivity contribution in [1.82, 2.24) is 4.98 Å². The second-order valence-electron chi connectivity index (χ2n) is 4.48. The number of hydrogen-bond acceptors (Lipinski definition) is 3. The van der Waals surface area contributed by atoms with Crippen molar-refractivity contribution in [2.75, 3.05) is 6.61 Å². The topological polar surface area (TPSA) is 45.9 Å². The van der Waals surface area contributed by atoms with Crippen LogP contribution in [0, 0.1) is 11.3 Å². The van der Waals surface area contributed by atoms with Gasteiger partial charge in [0.25, 0.3) is 0 Å². The van der Waals surface area contributed by atoms with Crippen molar-refractivity contribution in [3.63, 3.8) is 0 Å². The van der Waals surface area contributed by atoms with Crippen molar-refractivity contribution in [2.45, 2.75) is 38.3 Å². The molecule has 0 unspecified atom stereocenters. The maximum atomic E-state index is 12.0. The van der Waals surface area contributed by atoms with Crippen molar-refractivity contribution in [3.8, 4) is 11.9 Å². The highest BCUT2D eigenvalue weighted by atomic mass is 19.4. The third kappa shape index (κ3) is 3.60. The summed E-state index contributed by atoms with van der Waals surface area (Å²) in [6, 6.07) is 3.61. The van der Waals surface area contributed by atoms with Crippen LogP contribution in [0.4, 0.5) is 13.2 Å². The fraction of sp³-hybridized carbons (Fsp3) is 0.538. The summed E-state index contributed by atoms with van der Waals surface area (Å²) in [6.07, 6.45) is -1.60. The highest BCUT2D eigenvalue weighted by molar-refractivity contribution is 5.43. The van der Waals surface area contributed by atoms with Gasteiger partial charge in [-0.3, -0.25) is 0 Å². The molecule has 1 aromatic rings. The fourth-order valence-corrected chi connectivity index (χ4v) is 2.07. The van der Waals surface area contributed by atoms with Gasteiger partial charge in [-0.25, -0.2) is 4.98 Å². The number of nitrogens with zero attached hydrogens (tertiary/aromatic N) is 2. The van der Waals surface area contributed by atoms with E-state index in [0.717, 1.165) is 36.9 Å². The molecule has 1 heterocycles. The molecule has 0 bridgehead atoms. The average Bonchev–Trinajstić information content (AvgIpc) is 2.36. The molecule has 0 aliphatic heterocycles. The molecule has 2 rings (SSSR count). The zero-order chi connectivity index (χ0) is 13.9. The lowest BCUT2D eigenvalue weighted by Crippen LogP contribution is -2.15. The van der Waals surface area contributed by atoms with Crippen molar-refractivity contribution in [2.24, 2.45) is 0 Å².